The maximum Gasteiger partial charge on any atom is 0.193 e. The van der Waals surface area contributed by atoms with Gasteiger partial charge in [-0.2, -0.15) is 0 Å². The first-order chi connectivity index (χ1) is 13.1. The molecule has 3 atom stereocenters. The Morgan fingerprint density at radius 1 is 1.26 bits per heavy atom. The number of aliphatic imine (C=N–C) groups is 1. The van der Waals surface area contributed by atoms with Crippen LogP contribution in [0.2, 0.25) is 0 Å². The van der Waals surface area contributed by atoms with Crippen molar-refractivity contribution in [2.45, 2.75) is 44.1 Å². The second-order valence-corrected chi connectivity index (χ2v) is 8.67. The molecule has 0 spiro atoms. The fourth-order valence-corrected chi connectivity index (χ4v) is 4.95. The Balaban J connectivity index is 1.35. The summed E-state index contributed by atoms with van der Waals surface area (Å²) in [6, 6.07) is 8.83. The van der Waals surface area contributed by atoms with Gasteiger partial charge in [-0.15, -0.1) is 0 Å². The molecule has 0 bridgehead atoms. The van der Waals surface area contributed by atoms with Crippen molar-refractivity contribution in [1.29, 1.82) is 0 Å². The lowest BCUT2D eigenvalue weighted by molar-refractivity contribution is 0.281. The van der Waals surface area contributed by atoms with Crippen molar-refractivity contribution in [3.8, 4) is 5.75 Å². The van der Waals surface area contributed by atoms with Crippen molar-refractivity contribution in [3.05, 3.63) is 29.8 Å². The average molecular weight is 371 g/mol. The van der Waals surface area contributed by atoms with Crippen LogP contribution in [0.3, 0.4) is 0 Å². The lowest BCUT2D eigenvalue weighted by Crippen LogP contribution is -2.43. The smallest absolute Gasteiger partial charge is 0.193 e. The Hall–Kier alpha value is -1.75. The number of guanidine groups is 1. The first-order valence-electron chi connectivity index (χ1n) is 10.5. The van der Waals surface area contributed by atoms with E-state index >= 15 is 0 Å². The van der Waals surface area contributed by atoms with Gasteiger partial charge >= 0.3 is 0 Å². The van der Waals surface area contributed by atoms with Crippen LogP contribution in [0.5, 0.6) is 5.75 Å². The van der Waals surface area contributed by atoms with E-state index in [9.17, 15) is 0 Å². The summed E-state index contributed by atoms with van der Waals surface area (Å²) < 4.78 is 5.60. The Kier molecular flexibility index (Phi) is 5.31. The van der Waals surface area contributed by atoms with E-state index in [0.29, 0.717) is 6.04 Å². The van der Waals surface area contributed by atoms with Gasteiger partial charge in [0.2, 0.25) is 0 Å². The highest BCUT2D eigenvalue weighted by Gasteiger charge is 2.53. The predicted octanol–water partition coefficient (Wildman–Crippen LogP) is 2.72. The molecule has 1 N–H and O–H groups in total. The molecule has 1 saturated carbocycles. The van der Waals surface area contributed by atoms with E-state index in [1.165, 1.54) is 44.5 Å². The summed E-state index contributed by atoms with van der Waals surface area (Å²) >= 11 is 0. The van der Waals surface area contributed by atoms with Gasteiger partial charge < -0.3 is 19.9 Å². The Labute approximate surface area is 163 Å². The molecular formula is C22H34N4O. The van der Waals surface area contributed by atoms with E-state index in [0.717, 1.165) is 37.1 Å². The minimum atomic E-state index is 0.122. The number of para-hydroxylation sites is 1. The molecule has 0 aromatic heterocycles. The van der Waals surface area contributed by atoms with E-state index < -0.39 is 0 Å². The molecule has 148 valence electrons. The summed E-state index contributed by atoms with van der Waals surface area (Å²) in [5, 5.41) is 3.74. The maximum atomic E-state index is 5.60. The molecule has 1 aromatic carbocycles. The number of methoxy groups -OCH3 is 1. The van der Waals surface area contributed by atoms with Gasteiger partial charge in [0.1, 0.15) is 5.75 Å². The minimum Gasteiger partial charge on any atom is -0.496 e. The summed E-state index contributed by atoms with van der Waals surface area (Å²) in [6.45, 7) is 8.43. The third kappa shape index (κ3) is 3.79. The van der Waals surface area contributed by atoms with Gasteiger partial charge in [-0.3, -0.25) is 4.99 Å². The van der Waals surface area contributed by atoms with E-state index in [4.69, 9.17) is 4.74 Å². The Bertz CT molecular complexity index is 685. The summed E-state index contributed by atoms with van der Waals surface area (Å²) in [5.41, 5.74) is 1.42. The number of rotatable bonds is 5. The minimum absolute atomic E-state index is 0.122. The van der Waals surface area contributed by atoms with Crippen LogP contribution in [0.1, 0.15) is 38.2 Å². The highest BCUT2D eigenvalue weighted by Crippen LogP contribution is 2.51. The largest absolute Gasteiger partial charge is 0.496 e. The van der Waals surface area contributed by atoms with E-state index in [-0.39, 0.29) is 5.41 Å². The molecular weight excluding hydrogens is 336 g/mol. The van der Waals surface area contributed by atoms with Crippen molar-refractivity contribution in [3.63, 3.8) is 0 Å². The van der Waals surface area contributed by atoms with Gasteiger partial charge in [-0.1, -0.05) is 25.1 Å². The molecule has 3 aliphatic rings. The van der Waals surface area contributed by atoms with Crippen LogP contribution in [0, 0.1) is 5.92 Å². The molecule has 0 radical (unpaired) electrons. The molecule has 3 fully saturated rings. The third-order valence-electron chi connectivity index (χ3n) is 6.77. The highest BCUT2D eigenvalue weighted by atomic mass is 16.5. The third-order valence-corrected chi connectivity index (χ3v) is 6.77. The SMILES string of the molecule is CN=C(NC1CC1(C)c1ccccc1OC)N1CCC(CN2CCCC2)C1. The van der Waals surface area contributed by atoms with Crippen molar-refractivity contribution in [1.82, 2.24) is 15.1 Å². The fraction of sp³-hybridized carbons (Fsp3) is 0.682. The van der Waals surface area contributed by atoms with Crippen molar-refractivity contribution in [2.75, 3.05) is 46.9 Å². The lowest BCUT2D eigenvalue weighted by atomic mass is 9.96. The van der Waals surface area contributed by atoms with E-state index in [1.807, 2.05) is 13.1 Å². The number of hydrogen-bond donors (Lipinski definition) is 1. The van der Waals surface area contributed by atoms with Gasteiger partial charge in [-0.25, -0.2) is 0 Å². The number of likely N-dealkylation sites (tertiary alicyclic amines) is 2. The van der Waals surface area contributed by atoms with Crippen LogP contribution in [-0.4, -0.2) is 68.7 Å². The van der Waals surface area contributed by atoms with Gasteiger partial charge in [-0.05, 0) is 50.8 Å². The molecule has 2 aliphatic heterocycles. The molecule has 2 heterocycles. The first kappa shape index (κ1) is 18.6. The summed E-state index contributed by atoms with van der Waals surface area (Å²) in [4.78, 5) is 9.71. The number of ether oxygens (including phenoxy) is 1. The second kappa shape index (κ2) is 7.70. The van der Waals surface area contributed by atoms with E-state index in [2.05, 4.69) is 45.2 Å². The number of nitrogens with one attached hydrogen (secondary N) is 1. The molecule has 1 aliphatic carbocycles. The standard InChI is InChI=1S/C22H34N4O/c1-22(18-8-4-5-9-19(18)27-3)14-20(22)24-21(23-2)26-13-10-17(16-26)15-25-11-6-7-12-25/h4-5,8-9,17,20H,6-7,10-16H2,1-3H3,(H,23,24). The molecule has 1 aromatic rings. The Morgan fingerprint density at radius 2 is 2.04 bits per heavy atom. The van der Waals surface area contributed by atoms with Gasteiger partial charge in [0.05, 0.1) is 7.11 Å². The lowest BCUT2D eigenvalue weighted by Gasteiger charge is -2.24. The zero-order valence-electron chi connectivity index (χ0n) is 17.1. The zero-order chi connectivity index (χ0) is 18.9. The molecule has 5 heteroatoms. The molecule has 3 unspecified atom stereocenters. The van der Waals surface area contributed by atoms with Crippen LogP contribution in [0.15, 0.2) is 29.3 Å². The average Bonchev–Trinajstić information content (AvgIpc) is 3.08. The molecule has 5 nitrogen and oxygen atoms in total. The van der Waals surface area contributed by atoms with Gasteiger partial charge in [0.15, 0.2) is 5.96 Å². The van der Waals surface area contributed by atoms with Crippen LogP contribution < -0.4 is 10.1 Å². The first-order valence-corrected chi connectivity index (χ1v) is 10.5. The predicted molar refractivity (Wildman–Crippen MR) is 111 cm³/mol. The topological polar surface area (TPSA) is 40.1 Å². The molecule has 27 heavy (non-hydrogen) atoms. The maximum absolute atomic E-state index is 5.60. The molecule has 0 amide bonds. The van der Waals surface area contributed by atoms with Crippen molar-refractivity contribution >= 4 is 5.96 Å². The number of nitrogens with zero attached hydrogens (tertiary/aromatic N) is 3. The number of benzene rings is 1. The second-order valence-electron chi connectivity index (χ2n) is 8.67. The van der Waals surface area contributed by atoms with Crippen molar-refractivity contribution in [2.24, 2.45) is 10.9 Å². The highest BCUT2D eigenvalue weighted by molar-refractivity contribution is 5.81. The van der Waals surface area contributed by atoms with Crippen LogP contribution in [0.25, 0.3) is 0 Å². The quantitative estimate of drug-likeness (QED) is 0.639. The Morgan fingerprint density at radius 3 is 2.78 bits per heavy atom. The molecule has 4 rings (SSSR count). The fourth-order valence-electron chi connectivity index (χ4n) is 4.95. The summed E-state index contributed by atoms with van der Waals surface area (Å²) in [6.07, 6.45) is 5.16. The van der Waals surface area contributed by atoms with Gasteiger partial charge in [0, 0.05) is 43.7 Å². The molecule has 2 saturated heterocycles. The van der Waals surface area contributed by atoms with Crippen LogP contribution in [0.4, 0.5) is 0 Å². The number of hydrogen-bond acceptors (Lipinski definition) is 3. The van der Waals surface area contributed by atoms with Crippen LogP contribution >= 0.6 is 0 Å². The zero-order valence-corrected chi connectivity index (χ0v) is 17.1. The summed E-state index contributed by atoms with van der Waals surface area (Å²) in [5.74, 6) is 2.84. The van der Waals surface area contributed by atoms with Crippen molar-refractivity contribution < 1.29 is 4.74 Å². The monoisotopic (exact) mass is 370 g/mol. The van der Waals surface area contributed by atoms with Gasteiger partial charge in [0.25, 0.3) is 0 Å². The summed E-state index contributed by atoms with van der Waals surface area (Å²) in [7, 11) is 3.68. The van der Waals surface area contributed by atoms with Crippen LogP contribution in [-0.2, 0) is 5.41 Å². The normalized spacial score (nSPS) is 31.4. The van der Waals surface area contributed by atoms with E-state index in [1.54, 1.807) is 7.11 Å².